The summed E-state index contributed by atoms with van der Waals surface area (Å²) < 4.78 is 5.84. The van der Waals surface area contributed by atoms with Gasteiger partial charge in [-0.15, -0.1) is 0 Å². The number of carbonyl (C=O) groups is 3. The number of carbonyl (C=O) groups excluding carboxylic acids is 3. The van der Waals surface area contributed by atoms with Gasteiger partial charge in [-0.3, -0.25) is 9.59 Å². The largest absolute Gasteiger partial charge is 0.444 e. The number of nitrogens with one attached hydrogen (secondary N) is 2. The first-order chi connectivity index (χ1) is 13.5. The average Bonchev–Trinajstić information content (AvgIpc) is 2.61. The quantitative estimate of drug-likeness (QED) is 0.576. The summed E-state index contributed by atoms with van der Waals surface area (Å²) >= 11 is 9.23. The van der Waals surface area contributed by atoms with Gasteiger partial charge in [-0.25, -0.2) is 4.79 Å². The van der Waals surface area contributed by atoms with Crippen molar-refractivity contribution in [3.63, 3.8) is 0 Å². The zero-order valence-electron chi connectivity index (χ0n) is 16.5. The van der Waals surface area contributed by atoms with E-state index in [-0.39, 0.29) is 5.78 Å². The Labute approximate surface area is 183 Å². The second kappa shape index (κ2) is 9.41. The van der Waals surface area contributed by atoms with E-state index < -0.39 is 23.6 Å². The topological polar surface area (TPSA) is 84.5 Å². The highest BCUT2D eigenvalue weighted by molar-refractivity contribution is 9.10. The molecule has 0 spiro atoms. The van der Waals surface area contributed by atoms with Crippen LogP contribution in [-0.4, -0.2) is 29.4 Å². The second-order valence-electron chi connectivity index (χ2n) is 7.38. The molecule has 8 heteroatoms. The molecule has 2 aromatic rings. The molecule has 0 aliphatic carbocycles. The average molecular weight is 482 g/mol. The minimum atomic E-state index is -0.869. The van der Waals surface area contributed by atoms with Crippen LogP contribution in [0.15, 0.2) is 46.9 Å². The molecule has 0 aliphatic rings. The van der Waals surface area contributed by atoms with Gasteiger partial charge in [0.05, 0.1) is 5.69 Å². The number of ketones is 1. The molecule has 0 fully saturated rings. The van der Waals surface area contributed by atoms with E-state index in [1.54, 1.807) is 63.2 Å². The SMILES string of the molecule is C[C@H](NC(=O)OC(C)(C)C)C(=O)Nc1ccc(Br)cc1C(=O)c1ccc(Cl)cc1. The van der Waals surface area contributed by atoms with E-state index in [0.29, 0.717) is 26.3 Å². The fraction of sp³-hybridized carbons (Fsp3) is 0.286. The summed E-state index contributed by atoms with van der Waals surface area (Å²) in [6.45, 7) is 6.72. The minimum Gasteiger partial charge on any atom is -0.444 e. The lowest BCUT2D eigenvalue weighted by Crippen LogP contribution is -2.44. The smallest absolute Gasteiger partial charge is 0.408 e. The van der Waals surface area contributed by atoms with Crippen LogP contribution in [0.2, 0.25) is 5.02 Å². The van der Waals surface area contributed by atoms with Gasteiger partial charge < -0.3 is 15.4 Å². The number of benzene rings is 2. The Morgan fingerprint density at radius 2 is 1.69 bits per heavy atom. The van der Waals surface area contributed by atoms with Gasteiger partial charge in [0.2, 0.25) is 5.91 Å². The molecule has 0 saturated carbocycles. The number of alkyl carbamates (subject to hydrolysis) is 1. The normalized spacial score (nSPS) is 12.1. The number of hydrogen-bond acceptors (Lipinski definition) is 4. The third-order valence-electron chi connectivity index (χ3n) is 3.72. The molecule has 0 saturated heterocycles. The standard InChI is InChI=1S/C21H22BrClN2O4/c1-12(24-20(28)29-21(2,3)4)19(27)25-17-10-7-14(22)11-16(17)18(26)13-5-8-15(23)9-6-13/h5-12H,1-4H3,(H,24,28)(H,25,27)/t12-/m0/s1. The van der Waals surface area contributed by atoms with Crippen LogP contribution in [0.1, 0.15) is 43.6 Å². The van der Waals surface area contributed by atoms with E-state index in [4.69, 9.17) is 16.3 Å². The zero-order chi connectivity index (χ0) is 21.8. The number of hydrogen-bond donors (Lipinski definition) is 2. The summed E-state index contributed by atoms with van der Waals surface area (Å²) in [7, 11) is 0. The van der Waals surface area contributed by atoms with Gasteiger partial charge in [0.25, 0.3) is 0 Å². The van der Waals surface area contributed by atoms with E-state index in [0.717, 1.165) is 0 Å². The molecular weight excluding hydrogens is 460 g/mol. The fourth-order valence-electron chi connectivity index (χ4n) is 2.36. The van der Waals surface area contributed by atoms with Gasteiger partial charge in [0.15, 0.2) is 5.78 Å². The maximum Gasteiger partial charge on any atom is 0.408 e. The monoisotopic (exact) mass is 480 g/mol. The van der Waals surface area contributed by atoms with Gasteiger partial charge in [-0.1, -0.05) is 27.5 Å². The number of anilines is 1. The van der Waals surface area contributed by atoms with Crippen LogP contribution < -0.4 is 10.6 Å². The summed E-state index contributed by atoms with van der Waals surface area (Å²) in [6.07, 6.45) is -0.701. The van der Waals surface area contributed by atoms with Crippen LogP contribution in [-0.2, 0) is 9.53 Å². The van der Waals surface area contributed by atoms with Crippen molar-refractivity contribution in [1.82, 2.24) is 5.32 Å². The molecular formula is C21H22BrClN2O4. The second-order valence-corrected chi connectivity index (χ2v) is 8.74. The highest BCUT2D eigenvalue weighted by Crippen LogP contribution is 2.25. The van der Waals surface area contributed by atoms with Crippen molar-refractivity contribution in [1.29, 1.82) is 0 Å². The van der Waals surface area contributed by atoms with E-state index in [9.17, 15) is 14.4 Å². The van der Waals surface area contributed by atoms with Crippen LogP contribution in [0.4, 0.5) is 10.5 Å². The third kappa shape index (κ3) is 6.87. The molecule has 0 heterocycles. The van der Waals surface area contributed by atoms with E-state index >= 15 is 0 Å². The van der Waals surface area contributed by atoms with Crippen molar-refractivity contribution in [3.8, 4) is 0 Å². The van der Waals surface area contributed by atoms with Crippen LogP contribution in [0.3, 0.4) is 0 Å². The summed E-state index contributed by atoms with van der Waals surface area (Å²) in [6, 6.07) is 10.6. The molecule has 154 valence electrons. The Balaban J connectivity index is 2.18. The molecule has 2 N–H and O–H groups in total. The molecule has 0 unspecified atom stereocenters. The lowest BCUT2D eigenvalue weighted by molar-refractivity contribution is -0.117. The minimum absolute atomic E-state index is 0.272. The first kappa shape index (κ1) is 22.9. The molecule has 0 bridgehead atoms. The van der Waals surface area contributed by atoms with E-state index in [1.807, 2.05) is 0 Å². The number of amides is 2. The highest BCUT2D eigenvalue weighted by Gasteiger charge is 2.23. The molecule has 6 nitrogen and oxygen atoms in total. The first-order valence-corrected chi connectivity index (χ1v) is 10.0. The Morgan fingerprint density at radius 3 is 2.28 bits per heavy atom. The molecule has 2 amide bonds. The molecule has 0 aliphatic heterocycles. The molecule has 2 aromatic carbocycles. The zero-order valence-corrected chi connectivity index (χ0v) is 18.8. The van der Waals surface area contributed by atoms with Gasteiger partial charge >= 0.3 is 6.09 Å². The van der Waals surface area contributed by atoms with E-state index in [2.05, 4.69) is 26.6 Å². The van der Waals surface area contributed by atoms with E-state index in [1.165, 1.54) is 6.92 Å². The molecule has 0 aromatic heterocycles. The van der Waals surface area contributed by atoms with Gasteiger partial charge in [-0.2, -0.15) is 0 Å². The van der Waals surface area contributed by atoms with Crippen LogP contribution in [0.5, 0.6) is 0 Å². The summed E-state index contributed by atoms with van der Waals surface area (Å²) in [5, 5.41) is 5.68. The van der Waals surface area contributed by atoms with Gasteiger partial charge in [0, 0.05) is 20.6 Å². The lowest BCUT2D eigenvalue weighted by Gasteiger charge is -2.22. The van der Waals surface area contributed by atoms with Gasteiger partial charge in [-0.05, 0) is 70.2 Å². The molecule has 2 rings (SSSR count). The van der Waals surface area contributed by atoms with Crippen LogP contribution in [0.25, 0.3) is 0 Å². The Morgan fingerprint density at radius 1 is 1.07 bits per heavy atom. The highest BCUT2D eigenvalue weighted by atomic mass is 79.9. The lowest BCUT2D eigenvalue weighted by atomic mass is 10.0. The van der Waals surface area contributed by atoms with Crippen molar-refractivity contribution in [3.05, 3.63) is 63.1 Å². The summed E-state index contributed by atoms with van der Waals surface area (Å²) in [5.74, 6) is -0.755. The number of halogens is 2. The van der Waals surface area contributed by atoms with Crippen molar-refractivity contribution in [2.24, 2.45) is 0 Å². The van der Waals surface area contributed by atoms with Crippen LogP contribution in [0, 0.1) is 0 Å². The van der Waals surface area contributed by atoms with Crippen LogP contribution >= 0.6 is 27.5 Å². The Bertz CT molecular complexity index is 923. The third-order valence-corrected chi connectivity index (χ3v) is 4.46. The van der Waals surface area contributed by atoms with Crippen molar-refractivity contribution in [2.75, 3.05) is 5.32 Å². The Kier molecular flexibility index (Phi) is 7.43. The maximum atomic E-state index is 12.9. The van der Waals surface area contributed by atoms with Crippen molar-refractivity contribution in [2.45, 2.75) is 39.3 Å². The predicted molar refractivity (Wildman–Crippen MR) is 116 cm³/mol. The fourth-order valence-corrected chi connectivity index (χ4v) is 2.85. The maximum absolute atomic E-state index is 12.9. The number of rotatable bonds is 5. The van der Waals surface area contributed by atoms with Gasteiger partial charge in [0.1, 0.15) is 11.6 Å². The molecule has 29 heavy (non-hydrogen) atoms. The van der Waals surface area contributed by atoms with Crippen molar-refractivity contribution < 1.29 is 19.1 Å². The number of ether oxygens (including phenoxy) is 1. The Hall–Kier alpha value is -2.38. The molecule has 1 atom stereocenters. The summed E-state index contributed by atoms with van der Waals surface area (Å²) in [5.41, 5.74) is 0.392. The first-order valence-electron chi connectivity index (χ1n) is 8.86. The molecule has 0 radical (unpaired) electrons. The van der Waals surface area contributed by atoms with Crippen molar-refractivity contribution >= 4 is 51.0 Å². The summed E-state index contributed by atoms with van der Waals surface area (Å²) in [4.78, 5) is 37.3. The predicted octanol–water partition coefficient (Wildman–Crippen LogP) is 5.19.